The minimum Gasteiger partial charge on any atom is -0.389 e. The molecular formula is C16H29NO3. The molecule has 4 nitrogen and oxygen atoms in total. The molecule has 0 aromatic heterocycles. The van der Waals surface area contributed by atoms with E-state index in [9.17, 15) is 9.59 Å². The van der Waals surface area contributed by atoms with Crippen LogP contribution in [-0.2, 0) is 14.3 Å². The van der Waals surface area contributed by atoms with E-state index in [0.29, 0.717) is 6.21 Å². The molecule has 0 aliphatic heterocycles. The van der Waals surface area contributed by atoms with E-state index < -0.39 is 11.9 Å². The first kappa shape index (κ1) is 18.8. The van der Waals surface area contributed by atoms with Crippen molar-refractivity contribution in [2.45, 2.75) is 84.0 Å². The van der Waals surface area contributed by atoms with Crippen molar-refractivity contribution >= 4 is 18.2 Å². The van der Waals surface area contributed by atoms with Crippen LogP contribution in [0.3, 0.4) is 0 Å². The van der Waals surface area contributed by atoms with Gasteiger partial charge >= 0.3 is 11.9 Å². The fourth-order valence-corrected chi connectivity index (χ4v) is 2.13. The molecule has 0 rings (SSSR count). The predicted molar refractivity (Wildman–Crippen MR) is 81.0 cm³/mol. The maximum Gasteiger partial charge on any atom is 0.356 e. The molecule has 0 saturated heterocycles. The van der Waals surface area contributed by atoms with Gasteiger partial charge in [0.2, 0.25) is 0 Å². The van der Waals surface area contributed by atoms with Crippen LogP contribution in [0.1, 0.15) is 84.0 Å². The number of carbonyl (C=O) groups excluding carboxylic acids is 2. The lowest BCUT2D eigenvalue weighted by atomic mass is 10.1. The third-order valence-corrected chi connectivity index (χ3v) is 3.32. The maximum absolute atomic E-state index is 11.1. The van der Waals surface area contributed by atoms with Gasteiger partial charge in [0.1, 0.15) is 6.21 Å². The van der Waals surface area contributed by atoms with Crippen LogP contribution in [-0.4, -0.2) is 18.2 Å². The summed E-state index contributed by atoms with van der Waals surface area (Å²) in [5.74, 6) is -1.40. The Kier molecular flexibility index (Phi) is 13.4. The van der Waals surface area contributed by atoms with Gasteiger partial charge in [0.15, 0.2) is 0 Å². The molecule has 0 atom stereocenters. The minimum absolute atomic E-state index is 0.274. The number of hydrogen-bond acceptors (Lipinski definition) is 4. The number of esters is 2. The zero-order chi connectivity index (χ0) is 15.1. The Hall–Kier alpha value is -1.19. The van der Waals surface area contributed by atoms with E-state index in [1.807, 2.05) is 0 Å². The second-order valence-electron chi connectivity index (χ2n) is 5.22. The summed E-state index contributed by atoms with van der Waals surface area (Å²) in [6, 6.07) is 0. The van der Waals surface area contributed by atoms with E-state index in [1.165, 1.54) is 51.4 Å². The molecule has 0 bridgehead atoms. The van der Waals surface area contributed by atoms with Crippen molar-refractivity contribution in [1.82, 2.24) is 0 Å². The number of ether oxygens (including phenoxy) is 1. The van der Waals surface area contributed by atoms with Crippen LogP contribution in [0.15, 0.2) is 0 Å². The third kappa shape index (κ3) is 13.2. The highest BCUT2D eigenvalue weighted by atomic mass is 16.6. The van der Waals surface area contributed by atoms with Crippen LogP contribution in [0, 0.1) is 5.41 Å². The summed E-state index contributed by atoms with van der Waals surface area (Å²) in [5, 5.41) is 6.61. The molecular weight excluding hydrogens is 254 g/mol. The van der Waals surface area contributed by atoms with Gasteiger partial charge in [-0.25, -0.2) is 4.79 Å². The SMILES string of the molecule is CCCCCCCCCCCCCC(=O)OC(=O)C=N. The zero-order valence-corrected chi connectivity index (χ0v) is 12.8. The molecule has 116 valence electrons. The van der Waals surface area contributed by atoms with Crippen LogP contribution in [0.4, 0.5) is 0 Å². The van der Waals surface area contributed by atoms with E-state index in [0.717, 1.165) is 19.3 Å². The Morgan fingerprint density at radius 3 is 1.75 bits per heavy atom. The van der Waals surface area contributed by atoms with Crippen LogP contribution in [0.2, 0.25) is 0 Å². The monoisotopic (exact) mass is 283 g/mol. The van der Waals surface area contributed by atoms with Crippen molar-refractivity contribution in [2.75, 3.05) is 0 Å². The second-order valence-corrected chi connectivity index (χ2v) is 5.22. The Morgan fingerprint density at radius 1 is 0.850 bits per heavy atom. The second kappa shape index (κ2) is 14.2. The molecule has 20 heavy (non-hydrogen) atoms. The summed E-state index contributed by atoms with van der Waals surface area (Å²) >= 11 is 0. The van der Waals surface area contributed by atoms with Crippen molar-refractivity contribution in [3.8, 4) is 0 Å². The van der Waals surface area contributed by atoms with Crippen molar-refractivity contribution < 1.29 is 14.3 Å². The number of hydrogen-bond donors (Lipinski definition) is 1. The summed E-state index contributed by atoms with van der Waals surface area (Å²) in [4.78, 5) is 21.8. The molecule has 0 spiro atoms. The van der Waals surface area contributed by atoms with Gasteiger partial charge in [-0.1, -0.05) is 71.1 Å². The first-order valence-electron chi connectivity index (χ1n) is 7.95. The number of nitrogens with one attached hydrogen (secondary N) is 1. The molecule has 0 amide bonds. The number of rotatable bonds is 13. The van der Waals surface area contributed by atoms with Gasteiger partial charge in [0.25, 0.3) is 0 Å². The molecule has 1 N–H and O–H groups in total. The lowest BCUT2D eigenvalue weighted by molar-refractivity contribution is -0.154. The summed E-state index contributed by atoms with van der Waals surface area (Å²) in [5.41, 5.74) is 0. The van der Waals surface area contributed by atoms with Crippen molar-refractivity contribution in [3.63, 3.8) is 0 Å². The minimum atomic E-state index is -0.877. The topological polar surface area (TPSA) is 67.2 Å². The number of carbonyl (C=O) groups is 2. The van der Waals surface area contributed by atoms with E-state index >= 15 is 0 Å². The fraction of sp³-hybridized carbons (Fsp3) is 0.812. The van der Waals surface area contributed by atoms with Crippen molar-refractivity contribution in [1.29, 1.82) is 5.41 Å². The highest BCUT2D eigenvalue weighted by molar-refractivity contribution is 6.24. The molecule has 0 aromatic rings. The average molecular weight is 283 g/mol. The molecule has 0 aliphatic rings. The molecule has 4 heteroatoms. The maximum atomic E-state index is 11.1. The van der Waals surface area contributed by atoms with Crippen molar-refractivity contribution in [3.05, 3.63) is 0 Å². The molecule has 0 saturated carbocycles. The van der Waals surface area contributed by atoms with E-state index in [2.05, 4.69) is 11.7 Å². The van der Waals surface area contributed by atoms with Gasteiger partial charge in [0, 0.05) is 6.42 Å². The number of unbranched alkanes of at least 4 members (excludes halogenated alkanes) is 10. The van der Waals surface area contributed by atoms with Crippen LogP contribution < -0.4 is 0 Å². The molecule has 0 fully saturated rings. The molecule has 0 aliphatic carbocycles. The molecule has 0 heterocycles. The van der Waals surface area contributed by atoms with Crippen molar-refractivity contribution in [2.24, 2.45) is 0 Å². The standard InChI is InChI=1S/C16H29NO3/c1-2-3-4-5-6-7-8-9-10-11-12-13-15(18)20-16(19)14-17/h14,17H,2-13H2,1H3. The van der Waals surface area contributed by atoms with Gasteiger partial charge in [-0.2, -0.15) is 0 Å². The summed E-state index contributed by atoms with van der Waals surface area (Å²) in [6.07, 6.45) is 14.3. The van der Waals surface area contributed by atoms with Gasteiger partial charge in [-0.15, -0.1) is 0 Å². The Labute approximate surface area is 122 Å². The highest BCUT2D eigenvalue weighted by Gasteiger charge is 2.06. The third-order valence-electron chi connectivity index (χ3n) is 3.32. The van der Waals surface area contributed by atoms with Gasteiger partial charge in [0.05, 0.1) is 0 Å². The quantitative estimate of drug-likeness (QED) is 0.236. The smallest absolute Gasteiger partial charge is 0.356 e. The normalized spacial score (nSPS) is 10.2. The summed E-state index contributed by atoms with van der Waals surface area (Å²) in [6.45, 7) is 2.23. The highest BCUT2D eigenvalue weighted by Crippen LogP contribution is 2.12. The van der Waals surface area contributed by atoms with Gasteiger partial charge < -0.3 is 10.1 Å². The lowest BCUT2D eigenvalue weighted by Crippen LogP contribution is -2.12. The van der Waals surface area contributed by atoms with E-state index in [-0.39, 0.29) is 6.42 Å². The Bertz CT molecular complexity index is 277. The van der Waals surface area contributed by atoms with Gasteiger partial charge in [-0.3, -0.25) is 4.79 Å². The Morgan fingerprint density at radius 2 is 1.30 bits per heavy atom. The molecule has 0 radical (unpaired) electrons. The summed E-state index contributed by atoms with van der Waals surface area (Å²) in [7, 11) is 0. The predicted octanol–water partition coefficient (Wildman–Crippen LogP) is 4.41. The Balaban J connectivity index is 3.18. The fourth-order valence-electron chi connectivity index (χ4n) is 2.13. The summed E-state index contributed by atoms with van der Waals surface area (Å²) < 4.78 is 4.37. The first-order chi connectivity index (χ1) is 9.70. The van der Waals surface area contributed by atoms with Crippen LogP contribution in [0.5, 0.6) is 0 Å². The largest absolute Gasteiger partial charge is 0.389 e. The van der Waals surface area contributed by atoms with Crippen LogP contribution in [0.25, 0.3) is 0 Å². The van der Waals surface area contributed by atoms with E-state index in [1.54, 1.807) is 0 Å². The average Bonchev–Trinajstić information content (AvgIpc) is 2.44. The van der Waals surface area contributed by atoms with Crippen LogP contribution >= 0.6 is 0 Å². The molecule has 0 aromatic carbocycles. The first-order valence-corrected chi connectivity index (χ1v) is 7.95. The van der Waals surface area contributed by atoms with E-state index in [4.69, 9.17) is 5.41 Å². The zero-order valence-electron chi connectivity index (χ0n) is 12.8. The molecule has 0 unspecified atom stereocenters. The van der Waals surface area contributed by atoms with Gasteiger partial charge in [-0.05, 0) is 6.42 Å². The lowest BCUT2D eigenvalue weighted by Gasteiger charge is -2.02.